The molecule has 4 atom stereocenters. The molecule has 34 heavy (non-hydrogen) atoms. The summed E-state index contributed by atoms with van der Waals surface area (Å²) in [5.74, 6) is -4.69. The minimum atomic E-state index is -2.61. The quantitative estimate of drug-likeness (QED) is 0.246. The van der Waals surface area contributed by atoms with Crippen LogP contribution in [0, 0.1) is 0 Å². The van der Waals surface area contributed by atoms with Crippen LogP contribution in [-0.4, -0.2) is 87.3 Å². The minimum Gasteiger partial charge on any atom is -0.463 e. The highest BCUT2D eigenvalue weighted by Crippen LogP contribution is 2.48. The molecule has 1 saturated heterocycles. The van der Waals surface area contributed by atoms with Crippen molar-refractivity contribution >= 4 is 34.7 Å². The summed E-state index contributed by atoms with van der Waals surface area (Å²) < 4.78 is 28.5. The maximum Gasteiger partial charge on any atom is 0.303 e. The van der Waals surface area contributed by atoms with Gasteiger partial charge in [0.15, 0.2) is 23.4 Å². The lowest BCUT2D eigenvalue weighted by atomic mass is 9.91. The third-order valence-corrected chi connectivity index (χ3v) is 5.28. The van der Waals surface area contributed by atoms with E-state index in [0.717, 1.165) is 17.8 Å². The number of nitrogens with two attached hydrogens (primary N) is 1. The Hall–Kier alpha value is -3.20. The minimum absolute atomic E-state index is 0.0256. The number of nitrogens with zero attached hydrogens (tertiary/aromatic N) is 4. The Balaban J connectivity index is 2.28. The van der Waals surface area contributed by atoms with E-state index in [4.69, 9.17) is 29.4 Å². The fourth-order valence-corrected chi connectivity index (χ4v) is 3.88. The summed E-state index contributed by atoms with van der Waals surface area (Å²) in [6, 6.07) is 0. The smallest absolute Gasteiger partial charge is 0.303 e. The second-order valence-corrected chi connectivity index (χ2v) is 7.49. The molecule has 1 aliphatic rings. The second kappa shape index (κ2) is 9.97. The highest BCUT2D eigenvalue weighted by atomic mass is 16.7. The predicted octanol–water partition coefficient (Wildman–Crippen LogP) is -0.714. The lowest BCUT2D eigenvalue weighted by Crippen LogP contribution is -2.64. The van der Waals surface area contributed by atoms with Gasteiger partial charge in [0.05, 0.1) is 13.2 Å². The summed E-state index contributed by atoms with van der Waals surface area (Å²) in [5, 5.41) is 12.0. The number of esters is 2. The molecule has 14 heteroatoms. The highest BCUT2D eigenvalue weighted by Gasteiger charge is 2.73. The van der Waals surface area contributed by atoms with Gasteiger partial charge in [-0.15, -0.1) is 0 Å². The van der Waals surface area contributed by atoms with Crippen LogP contribution in [-0.2, 0) is 43.8 Å². The number of Topliss-reactive ketones (excluding diaryl/α,β-unsaturated/α-hetero) is 1. The van der Waals surface area contributed by atoms with Crippen molar-refractivity contribution in [1.82, 2.24) is 19.5 Å². The summed E-state index contributed by atoms with van der Waals surface area (Å²) in [6.45, 7) is 3.19. The molecule has 14 nitrogen and oxygen atoms in total. The molecule has 0 bridgehead atoms. The van der Waals surface area contributed by atoms with Crippen LogP contribution in [0.3, 0.4) is 0 Å². The fraction of sp³-hybridized carbons (Fsp3) is 0.600. The molecule has 0 aliphatic carbocycles. The Morgan fingerprint density at radius 3 is 2.56 bits per heavy atom. The molecule has 0 amide bonds. The SMILES string of the molecule is CCC(=O)[C@@]1(n2cnc3c(N)ncnc32)O[C@H](COC(C)=O)[C@@H](OC(C)=O)[C@]1(O)OCCOC. The maximum atomic E-state index is 13.6. The first-order valence-electron chi connectivity index (χ1n) is 10.4. The van der Waals surface area contributed by atoms with Gasteiger partial charge in [0.25, 0.3) is 11.5 Å². The van der Waals surface area contributed by atoms with Crippen LogP contribution >= 0.6 is 0 Å². The summed E-state index contributed by atoms with van der Waals surface area (Å²) >= 11 is 0. The molecule has 2 aromatic rings. The number of carbonyl (C=O) groups excluding carboxylic acids is 3. The van der Waals surface area contributed by atoms with Crippen LogP contribution in [0.5, 0.6) is 0 Å². The molecule has 186 valence electrons. The van der Waals surface area contributed by atoms with Gasteiger partial charge >= 0.3 is 11.9 Å². The molecule has 0 saturated carbocycles. The van der Waals surface area contributed by atoms with E-state index in [1.54, 1.807) is 6.92 Å². The number of methoxy groups -OCH3 is 1. The van der Waals surface area contributed by atoms with Crippen LogP contribution < -0.4 is 5.73 Å². The van der Waals surface area contributed by atoms with Crippen molar-refractivity contribution < 1.29 is 43.2 Å². The Labute approximate surface area is 194 Å². The molecule has 1 fully saturated rings. The molecule has 2 aromatic heterocycles. The number of rotatable bonds is 10. The third-order valence-electron chi connectivity index (χ3n) is 5.28. The van der Waals surface area contributed by atoms with Gasteiger partial charge in [-0.2, -0.15) is 0 Å². The van der Waals surface area contributed by atoms with Crippen molar-refractivity contribution in [3.8, 4) is 0 Å². The molecular weight excluding hydrogens is 454 g/mol. The van der Waals surface area contributed by atoms with Crippen LogP contribution in [0.1, 0.15) is 27.2 Å². The summed E-state index contributed by atoms with van der Waals surface area (Å²) in [5.41, 5.74) is 3.74. The first-order chi connectivity index (χ1) is 16.1. The zero-order valence-corrected chi connectivity index (χ0v) is 19.2. The second-order valence-electron chi connectivity index (χ2n) is 7.49. The number of hydrogen-bond acceptors (Lipinski definition) is 13. The van der Waals surface area contributed by atoms with Crippen LogP contribution in [0.4, 0.5) is 5.82 Å². The van der Waals surface area contributed by atoms with Crippen molar-refractivity contribution in [1.29, 1.82) is 0 Å². The number of imidazole rings is 1. The van der Waals surface area contributed by atoms with Crippen LogP contribution in [0.2, 0.25) is 0 Å². The first kappa shape index (κ1) is 25.4. The van der Waals surface area contributed by atoms with Gasteiger partial charge in [-0.1, -0.05) is 6.92 Å². The van der Waals surface area contributed by atoms with Gasteiger partial charge in [-0.3, -0.25) is 19.0 Å². The molecule has 0 spiro atoms. The fourth-order valence-electron chi connectivity index (χ4n) is 3.88. The van der Waals surface area contributed by atoms with Gasteiger partial charge in [0.2, 0.25) is 0 Å². The van der Waals surface area contributed by atoms with Gasteiger partial charge in [0, 0.05) is 27.4 Å². The Morgan fingerprint density at radius 1 is 1.21 bits per heavy atom. The Morgan fingerprint density at radius 2 is 1.94 bits per heavy atom. The number of hydrogen-bond donors (Lipinski definition) is 2. The van der Waals surface area contributed by atoms with Crippen molar-refractivity contribution in [2.24, 2.45) is 0 Å². The largest absolute Gasteiger partial charge is 0.463 e. The van der Waals surface area contributed by atoms with E-state index in [2.05, 4.69) is 15.0 Å². The molecule has 1 aliphatic heterocycles. The molecule has 3 heterocycles. The number of fused-ring (bicyclic) bond motifs is 1. The van der Waals surface area contributed by atoms with E-state index in [1.807, 2.05) is 0 Å². The normalized spacial score (nSPS) is 26.5. The summed E-state index contributed by atoms with van der Waals surface area (Å²) in [6.07, 6.45) is -0.684. The molecule has 0 unspecified atom stereocenters. The lowest BCUT2D eigenvalue weighted by molar-refractivity contribution is -0.312. The van der Waals surface area contributed by atoms with E-state index >= 15 is 0 Å². The molecule has 3 rings (SSSR count). The Kier molecular flexibility index (Phi) is 7.45. The van der Waals surface area contributed by atoms with Crippen molar-refractivity contribution in [2.75, 3.05) is 32.7 Å². The monoisotopic (exact) mass is 481 g/mol. The number of carbonyl (C=O) groups is 3. The standard InChI is InChI=1S/C20H27N5O9/c1-5-14(28)19(25-10-24-15-17(21)22-9-23-18(15)25)20(29,32-7-6-30-4)16(33-12(3)27)13(34-19)8-31-11(2)26/h9-10,13,16,29H,5-8H2,1-4H3,(H2,21,22,23)/t13-,16-,19-,20+/m1/s1. The van der Waals surface area contributed by atoms with Gasteiger partial charge in [-0.05, 0) is 0 Å². The van der Waals surface area contributed by atoms with Crippen molar-refractivity contribution in [3.05, 3.63) is 12.7 Å². The van der Waals surface area contributed by atoms with Crippen LogP contribution in [0.25, 0.3) is 11.2 Å². The summed E-state index contributed by atoms with van der Waals surface area (Å²) in [7, 11) is 1.42. The zero-order chi connectivity index (χ0) is 25.1. The van der Waals surface area contributed by atoms with Crippen molar-refractivity contribution in [3.63, 3.8) is 0 Å². The van der Waals surface area contributed by atoms with Crippen molar-refractivity contribution in [2.45, 2.75) is 50.9 Å². The third kappa shape index (κ3) is 4.20. The molecular formula is C20H27N5O9. The number of ketones is 1. The number of ether oxygens (including phenoxy) is 5. The van der Waals surface area contributed by atoms with Crippen LogP contribution in [0.15, 0.2) is 12.7 Å². The molecule has 3 N–H and O–H groups in total. The predicted molar refractivity (Wildman–Crippen MR) is 113 cm³/mol. The number of nitrogen functional groups attached to an aromatic ring is 1. The average molecular weight is 481 g/mol. The number of aliphatic hydroxyl groups is 1. The van der Waals surface area contributed by atoms with E-state index in [-0.39, 0.29) is 36.6 Å². The average Bonchev–Trinajstić information content (AvgIpc) is 3.31. The number of anilines is 1. The first-order valence-corrected chi connectivity index (χ1v) is 10.4. The molecule has 0 radical (unpaired) electrons. The lowest BCUT2D eigenvalue weighted by Gasteiger charge is -2.40. The maximum absolute atomic E-state index is 13.6. The highest BCUT2D eigenvalue weighted by molar-refractivity contribution is 5.90. The number of aromatic nitrogens is 4. The van der Waals surface area contributed by atoms with Gasteiger partial charge < -0.3 is 34.5 Å². The summed E-state index contributed by atoms with van der Waals surface area (Å²) in [4.78, 5) is 49.2. The van der Waals surface area contributed by atoms with E-state index in [1.165, 1.54) is 20.4 Å². The van der Waals surface area contributed by atoms with E-state index < -0.39 is 48.0 Å². The van der Waals surface area contributed by atoms with E-state index in [0.29, 0.717) is 0 Å². The van der Waals surface area contributed by atoms with E-state index in [9.17, 15) is 19.5 Å². The van der Waals surface area contributed by atoms with Gasteiger partial charge in [0.1, 0.15) is 30.9 Å². The molecule has 0 aromatic carbocycles. The Bertz CT molecular complexity index is 1080. The zero-order valence-electron chi connectivity index (χ0n) is 19.2. The van der Waals surface area contributed by atoms with Gasteiger partial charge in [-0.25, -0.2) is 15.0 Å². The topological polar surface area (TPSA) is 187 Å².